The van der Waals surface area contributed by atoms with E-state index in [2.05, 4.69) is 93.6 Å². The van der Waals surface area contributed by atoms with Crippen LogP contribution in [0.1, 0.15) is 25.0 Å². The maximum Gasteiger partial charge on any atom is 0.0719 e. The van der Waals surface area contributed by atoms with Crippen molar-refractivity contribution < 1.29 is 0 Å². The molecular formula is C28H25NS. The summed E-state index contributed by atoms with van der Waals surface area (Å²) in [5.41, 5.74) is 7.56. The van der Waals surface area contributed by atoms with Gasteiger partial charge in [-0.15, -0.1) is 11.3 Å². The first-order valence-corrected chi connectivity index (χ1v) is 11.4. The molecule has 0 radical (unpaired) electrons. The summed E-state index contributed by atoms with van der Waals surface area (Å²) in [6.45, 7) is 6.72. The van der Waals surface area contributed by atoms with Crippen LogP contribution in [0, 0.1) is 12.8 Å². The summed E-state index contributed by atoms with van der Waals surface area (Å²) in [6, 6.07) is 26.3. The number of thiophene rings is 1. The van der Waals surface area contributed by atoms with Crippen molar-refractivity contribution in [2.24, 2.45) is 5.92 Å². The van der Waals surface area contributed by atoms with Gasteiger partial charge in [-0.25, -0.2) is 0 Å². The van der Waals surface area contributed by atoms with Crippen molar-refractivity contribution in [2.75, 3.05) is 0 Å². The molecule has 0 saturated heterocycles. The third-order valence-corrected chi connectivity index (χ3v) is 7.02. The summed E-state index contributed by atoms with van der Waals surface area (Å²) >= 11 is 1.89. The fraction of sp³-hybridized carbons (Fsp3) is 0.179. The lowest BCUT2D eigenvalue weighted by Crippen LogP contribution is -1.98. The van der Waals surface area contributed by atoms with Crippen LogP contribution in [0.15, 0.2) is 79.0 Å². The Bertz CT molecular complexity index is 1350. The molecule has 0 amide bonds. The van der Waals surface area contributed by atoms with E-state index in [1.165, 1.54) is 48.0 Å². The number of rotatable bonds is 4. The second kappa shape index (κ2) is 7.70. The fourth-order valence-corrected chi connectivity index (χ4v) is 5.60. The third-order valence-electron chi connectivity index (χ3n) is 5.73. The summed E-state index contributed by atoms with van der Waals surface area (Å²) in [5.74, 6) is 0.632. The second-order valence-corrected chi connectivity index (χ2v) is 9.45. The number of pyridine rings is 1. The molecule has 1 nitrogen and oxygen atoms in total. The average Bonchev–Trinajstić information content (AvgIpc) is 3.14. The molecule has 3 aromatic carbocycles. The Morgan fingerprint density at radius 1 is 0.800 bits per heavy atom. The van der Waals surface area contributed by atoms with Crippen LogP contribution in [-0.2, 0) is 6.42 Å². The van der Waals surface area contributed by atoms with Gasteiger partial charge in [0.1, 0.15) is 0 Å². The van der Waals surface area contributed by atoms with Gasteiger partial charge in [-0.05, 0) is 47.6 Å². The van der Waals surface area contributed by atoms with Gasteiger partial charge in [-0.1, -0.05) is 80.6 Å². The molecule has 0 bridgehead atoms. The van der Waals surface area contributed by atoms with Gasteiger partial charge in [0.2, 0.25) is 0 Å². The number of aryl methyl sites for hydroxylation is 1. The highest BCUT2D eigenvalue weighted by atomic mass is 32.1. The van der Waals surface area contributed by atoms with Crippen LogP contribution < -0.4 is 0 Å². The van der Waals surface area contributed by atoms with Gasteiger partial charge in [0.15, 0.2) is 0 Å². The molecule has 0 saturated carbocycles. The third kappa shape index (κ3) is 3.32. The van der Waals surface area contributed by atoms with Crippen LogP contribution in [0.25, 0.3) is 42.6 Å². The molecule has 5 rings (SSSR count). The fourth-order valence-electron chi connectivity index (χ4n) is 4.24. The van der Waals surface area contributed by atoms with E-state index in [-0.39, 0.29) is 0 Å². The van der Waals surface area contributed by atoms with E-state index < -0.39 is 0 Å². The largest absolute Gasteiger partial charge is 0.256 e. The quantitative estimate of drug-likeness (QED) is 0.292. The van der Waals surface area contributed by atoms with Gasteiger partial charge in [-0.2, -0.15) is 0 Å². The standard InChI is InChI=1S/C28H25NS/c1-18(2)15-21-16-26(29-17-19(21)3)25-14-8-13-24-23-12-7-11-22(27(23)30-28(24)25)20-9-5-4-6-10-20/h4-14,16-18H,15H2,1-3H3. The molecule has 2 aromatic heterocycles. The number of hydrogen-bond donors (Lipinski definition) is 0. The van der Waals surface area contributed by atoms with E-state index in [9.17, 15) is 0 Å². The smallest absolute Gasteiger partial charge is 0.0719 e. The van der Waals surface area contributed by atoms with Crippen LogP contribution >= 0.6 is 11.3 Å². The summed E-state index contributed by atoms with van der Waals surface area (Å²) in [7, 11) is 0. The van der Waals surface area contributed by atoms with Gasteiger partial charge in [0, 0.05) is 31.9 Å². The minimum Gasteiger partial charge on any atom is -0.256 e. The molecule has 0 aliphatic rings. The van der Waals surface area contributed by atoms with E-state index in [1.807, 2.05) is 17.5 Å². The Morgan fingerprint density at radius 3 is 2.17 bits per heavy atom. The molecule has 2 heteroatoms. The number of nitrogens with zero attached hydrogens (tertiary/aromatic N) is 1. The highest BCUT2D eigenvalue weighted by Crippen LogP contribution is 2.43. The Labute approximate surface area is 182 Å². The minimum atomic E-state index is 0.632. The first-order chi connectivity index (χ1) is 14.6. The van der Waals surface area contributed by atoms with Gasteiger partial charge < -0.3 is 0 Å². The van der Waals surface area contributed by atoms with E-state index in [0.29, 0.717) is 5.92 Å². The van der Waals surface area contributed by atoms with Crippen LogP contribution in [0.4, 0.5) is 0 Å². The van der Waals surface area contributed by atoms with Crippen LogP contribution in [0.5, 0.6) is 0 Å². The monoisotopic (exact) mass is 407 g/mol. The zero-order chi connectivity index (χ0) is 20.7. The molecule has 30 heavy (non-hydrogen) atoms. The Hall–Kier alpha value is -2.97. The van der Waals surface area contributed by atoms with E-state index >= 15 is 0 Å². The van der Waals surface area contributed by atoms with Crippen LogP contribution in [0.3, 0.4) is 0 Å². The topological polar surface area (TPSA) is 12.9 Å². The molecule has 0 spiro atoms. The maximum atomic E-state index is 4.82. The predicted octanol–water partition coefficient (Wildman–Crippen LogP) is 8.29. The Kier molecular flexibility index (Phi) is 4.88. The normalized spacial score (nSPS) is 11.6. The van der Waals surface area contributed by atoms with Crippen molar-refractivity contribution in [3.63, 3.8) is 0 Å². The molecule has 0 N–H and O–H groups in total. The first-order valence-electron chi connectivity index (χ1n) is 10.6. The van der Waals surface area contributed by atoms with Gasteiger partial charge in [0.25, 0.3) is 0 Å². The Balaban J connectivity index is 1.74. The van der Waals surface area contributed by atoms with Crippen molar-refractivity contribution in [3.05, 3.63) is 90.1 Å². The Morgan fingerprint density at radius 2 is 1.47 bits per heavy atom. The lowest BCUT2D eigenvalue weighted by molar-refractivity contribution is 0.644. The summed E-state index contributed by atoms with van der Waals surface area (Å²) in [5, 5.41) is 2.64. The maximum absolute atomic E-state index is 4.82. The van der Waals surface area contributed by atoms with Gasteiger partial charge in [-0.3, -0.25) is 4.98 Å². The molecule has 0 unspecified atom stereocenters. The summed E-state index contributed by atoms with van der Waals surface area (Å²) < 4.78 is 2.67. The van der Waals surface area contributed by atoms with Crippen molar-refractivity contribution in [3.8, 4) is 22.4 Å². The molecule has 0 atom stereocenters. The van der Waals surface area contributed by atoms with Gasteiger partial charge in [0.05, 0.1) is 5.69 Å². The highest BCUT2D eigenvalue weighted by Gasteiger charge is 2.15. The molecule has 0 fully saturated rings. The second-order valence-electron chi connectivity index (χ2n) is 8.43. The zero-order valence-electron chi connectivity index (χ0n) is 17.6. The zero-order valence-corrected chi connectivity index (χ0v) is 18.5. The van der Waals surface area contributed by atoms with Crippen molar-refractivity contribution in [1.29, 1.82) is 0 Å². The lowest BCUT2D eigenvalue weighted by atomic mass is 9.97. The highest BCUT2D eigenvalue weighted by molar-refractivity contribution is 7.26. The van der Waals surface area contributed by atoms with E-state index in [0.717, 1.165) is 12.1 Å². The van der Waals surface area contributed by atoms with E-state index in [4.69, 9.17) is 4.98 Å². The predicted molar refractivity (Wildman–Crippen MR) is 131 cm³/mol. The van der Waals surface area contributed by atoms with Gasteiger partial charge >= 0.3 is 0 Å². The molecule has 0 aliphatic carbocycles. The number of aromatic nitrogens is 1. The SMILES string of the molecule is Cc1cnc(-c2cccc3c2sc2c(-c4ccccc4)cccc23)cc1CC(C)C. The van der Waals surface area contributed by atoms with Crippen molar-refractivity contribution in [1.82, 2.24) is 4.98 Å². The number of hydrogen-bond acceptors (Lipinski definition) is 2. The molecule has 2 heterocycles. The van der Waals surface area contributed by atoms with Crippen molar-refractivity contribution in [2.45, 2.75) is 27.2 Å². The minimum absolute atomic E-state index is 0.632. The molecule has 5 aromatic rings. The van der Waals surface area contributed by atoms with Crippen LogP contribution in [0.2, 0.25) is 0 Å². The molecular weight excluding hydrogens is 382 g/mol. The lowest BCUT2D eigenvalue weighted by Gasteiger charge is -2.11. The number of fused-ring (bicyclic) bond motifs is 3. The molecule has 0 aliphatic heterocycles. The first kappa shape index (κ1) is 19.0. The van der Waals surface area contributed by atoms with Crippen molar-refractivity contribution >= 4 is 31.5 Å². The summed E-state index contributed by atoms with van der Waals surface area (Å²) in [6.07, 6.45) is 3.12. The van der Waals surface area contributed by atoms with E-state index in [1.54, 1.807) is 0 Å². The summed E-state index contributed by atoms with van der Waals surface area (Å²) in [4.78, 5) is 4.82. The number of benzene rings is 3. The molecule has 148 valence electrons. The van der Waals surface area contributed by atoms with Crippen LogP contribution in [-0.4, -0.2) is 4.98 Å². The average molecular weight is 408 g/mol.